The van der Waals surface area contributed by atoms with Crippen LogP contribution in [-0.4, -0.2) is 20.3 Å². The number of benzene rings is 2. The molecule has 1 unspecified atom stereocenters. The summed E-state index contributed by atoms with van der Waals surface area (Å²) in [6.45, 7) is 3.31. The first-order valence-electron chi connectivity index (χ1n) is 6.93. The Kier molecular flexibility index (Phi) is 6.08. The van der Waals surface area contributed by atoms with Gasteiger partial charge in [-0.15, -0.1) is 0 Å². The van der Waals surface area contributed by atoms with Gasteiger partial charge in [0.05, 0.1) is 6.61 Å². The van der Waals surface area contributed by atoms with E-state index in [0.29, 0.717) is 13.2 Å². The van der Waals surface area contributed by atoms with E-state index >= 15 is 0 Å². The number of halogens is 1. The van der Waals surface area contributed by atoms with Crippen molar-refractivity contribution in [1.82, 2.24) is 0 Å². The standard InChI is InChI=1S/C17H20BrNO2/c1-13(14-4-3-5-15(18)12-14)19-16-6-8-17(9-7-16)21-11-10-20-2/h3-9,12-13,19H,10-11H2,1-2H3. The van der Waals surface area contributed by atoms with Gasteiger partial charge < -0.3 is 14.8 Å². The summed E-state index contributed by atoms with van der Waals surface area (Å²) in [5, 5.41) is 3.48. The number of anilines is 1. The van der Waals surface area contributed by atoms with Crippen molar-refractivity contribution in [2.45, 2.75) is 13.0 Å². The van der Waals surface area contributed by atoms with Crippen molar-refractivity contribution >= 4 is 21.6 Å². The molecule has 0 aliphatic carbocycles. The van der Waals surface area contributed by atoms with Gasteiger partial charge in [-0.25, -0.2) is 0 Å². The Morgan fingerprint density at radius 3 is 2.52 bits per heavy atom. The minimum Gasteiger partial charge on any atom is -0.491 e. The predicted octanol–water partition coefficient (Wildman–Crippen LogP) is 4.65. The molecule has 0 amide bonds. The molecule has 0 bridgehead atoms. The van der Waals surface area contributed by atoms with Gasteiger partial charge in [-0.1, -0.05) is 28.1 Å². The van der Waals surface area contributed by atoms with Gasteiger partial charge in [0.1, 0.15) is 12.4 Å². The normalized spacial score (nSPS) is 12.0. The Balaban J connectivity index is 1.93. The third-order valence-corrected chi connectivity index (χ3v) is 3.64. The van der Waals surface area contributed by atoms with Crippen LogP contribution in [0, 0.1) is 0 Å². The Bertz CT molecular complexity index is 557. The molecule has 112 valence electrons. The van der Waals surface area contributed by atoms with E-state index in [1.807, 2.05) is 36.4 Å². The molecule has 2 rings (SSSR count). The average Bonchev–Trinajstić information content (AvgIpc) is 2.49. The molecule has 21 heavy (non-hydrogen) atoms. The fourth-order valence-corrected chi connectivity index (χ4v) is 2.42. The van der Waals surface area contributed by atoms with Crippen LogP contribution in [0.3, 0.4) is 0 Å². The van der Waals surface area contributed by atoms with Gasteiger partial charge in [-0.3, -0.25) is 0 Å². The van der Waals surface area contributed by atoms with Crippen LogP contribution < -0.4 is 10.1 Å². The molecule has 0 aliphatic rings. The van der Waals surface area contributed by atoms with Gasteiger partial charge in [0.25, 0.3) is 0 Å². The first-order chi connectivity index (χ1) is 10.2. The van der Waals surface area contributed by atoms with Gasteiger partial charge >= 0.3 is 0 Å². The molecule has 2 aromatic rings. The average molecular weight is 350 g/mol. The smallest absolute Gasteiger partial charge is 0.119 e. The van der Waals surface area contributed by atoms with Gasteiger partial charge in [-0.05, 0) is 48.9 Å². The van der Waals surface area contributed by atoms with E-state index in [-0.39, 0.29) is 6.04 Å². The molecule has 0 aromatic heterocycles. The summed E-state index contributed by atoms with van der Waals surface area (Å²) in [5.74, 6) is 0.854. The van der Waals surface area contributed by atoms with Crippen LogP contribution in [0.25, 0.3) is 0 Å². The summed E-state index contributed by atoms with van der Waals surface area (Å²) < 4.78 is 11.6. The number of nitrogens with one attached hydrogen (secondary N) is 1. The lowest BCUT2D eigenvalue weighted by molar-refractivity contribution is 0.146. The third-order valence-electron chi connectivity index (χ3n) is 3.14. The van der Waals surface area contributed by atoms with E-state index in [9.17, 15) is 0 Å². The van der Waals surface area contributed by atoms with Crippen LogP contribution in [-0.2, 0) is 4.74 Å². The van der Waals surface area contributed by atoms with Crippen molar-refractivity contribution in [2.24, 2.45) is 0 Å². The predicted molar refractivity (Wildman–Crippen MR) is 90.0 cm³/mol. The summed E-state index contributed by atoms with van der Waals surface area (Å²) >= 11 is 3.50. The second-order valence-electron chi connectivity index (χ2n) is 4.79. The van der Waals surface area contributed by atoms with E-state index in [1.54, 1.807) is 7.11 Å². The Morgan fingerprint density at radius 1 is 1.10 bits per heavy atom. The molecule has 0 aliphatic heterocycles. The number of hydrogen-bond acceptors (Lipinski definition) is 3. The van der Waals surface area contributed by atoms with Crippen molar-refractivity contribution < 1.29 is 9.47 Å². The first-order valence-corrected chi connectivity index (χ1v) is 7.72. The number of methoxy groups -OCH3 is 1. The Hall–Kier alpha value is -1.52. The third kappa shape index (κ3) is 5.06. The molecule has 0 saturated heterocycles. The molecule has 4 heteroatoms. The SMILES string of the molecule is COCCOc1ccc(NC(C)c2cccc(Br)c2)cc1. The van der Waals surface area contributed by atoms with Crippen LogP contribution in [0.4, 0.5) is 5.69 Å². The fraction of sp³-hybridized carbons (Fsp3) is 0.294. The lowest BCUT2D eigenvalue weighted by Gasteiger charge is -2.16. The molecule has 0 saturated carbocycles. The Morgan fingerprint density at radius 2 is 1.86 bits per heavy atom. The summed E-state index contributed by atoms with van der Waals surface area (Å²) in [5.41, 5.74) is 2.31. The highest BCUT2D eigenvalue weighted by Gasteiger charge is 2.05. The van der Waals surface area contributed by atoms with E-state index < -0.39 is 0 Å². The lowest BCUT2D eigenvalue weighted by Crippen LogP contribution is -2.07. The summed E-state index contributed by atoms with van der Waals surface area (Å²) in [7, 11) is 1.67. The first kappa shape index (κ1) is 15.9. The van der Waals surface area contributed by atoms with Crippen LogP contribution in [0.5, 0.6) is 5.75 Å². The van der Waals surface area contributed by atoms with E-state index in [0.717, 1.165) is 15.9 Å². The maximum Gasteiger partial charge on any atom is 0.119 e. The lowest BCUT2D eigenvalue weighted by atomic mass is 10.1. The zero-order chi connectivity index (χ0) is 15.1. The molecule has 1 atom stereocenters. The molecule has 1 N–H and O–H groups in total. The minimum absolute atomic E-state index is 0.239. The fourth-order valence-electron chi connectivity index (χ4n) is 2.00. The van der Waals surface area contributed by atoms with Gasteiger partial charge in [0, 0.05) is 23.3 Å². The highest BCUT2D eigenvalue weighted by Crippen LogP contribution is 2.23. The van der Waals surface area contributed by atoms with Crippen molar-refractivity contribution in [3.05, 3.63) is 58.6 Å². The topological polar surface area (TPSA) is 30.5 Å². The van der Waals surface area contributed by atoms with Crippen LogP contribution in [0.1, 0.15) is 18.5 Å². The van der Waals surface area contributed by atoms with Gasteiger partial charge in [0.2, 0.25) is 0 Å². The summed E-state index contributed by atoms with van der Waals surface area (Å²) in [4.78, 5) is 0. The van der Waals surface area contributed by atoms with Crippen LogP contribution >= 0.6 is 15.9 Å². The van der Waals surface area contributed by atoms with E-state index in [4.69, 9.17) is 9.47 Å². The van der Waals surface area contributed by atoms with E-state index in [1.165, 1.54) is 5.56 Å². The van der Waals surface area contributed by atoms with E-state index in [2.05, 4.69) is 40.3 Å². The van der Waals surface area contributed by atoms with Crippen molar-refractivity contribution in [3.8, 4) is 5.75 Å². The summed E-state index contributed by atoms with van der Waals surface area (Å²) in [6.07, 6.45) is 0. The maximum atomic E-state index is 5.55. The second kappa shape index (κ2) is 8.05. The van der Waals surface area contributed by atoms with Crippen molar-refractivity contribution in [1.29, 1.82) is 0 Å². The number of hydrogen-bond donors (Lipinski definition) is 1. The molecule has 2 aromatic carbocycles. The molecular formula is C17H20BrNO2. The molecule has 0 radical (unpaired) electrons. The monoisotopic (exact) mass is 349 g/mol. The zero-order valence-electron chi connectivity index (χ0n) is 12.3. The molecular weight excluding hydrogens is 330 g/mol. The Labute approximate surface area is 134 Å². The van der Waals surface area contributed by atoms with Crippen molar-refractivity contribution in [2.75, 3.05) is 25.6 Å². The summed E-state index contributed by atoms with van der Waals surface area (Å²) in [6, 6.07) is 16.5. The second-order valence-corrected chi connectivity index (χ2v) is 5.70. The number of ether oxygens (including phenoxy) is 2. The van der Waals surface area contributed by atoms with Gasteiger partial charge in [0.15, 0.2) is 0 Å². The zero-order valence-corrected chi connectivity index (χ0v) is 13.9. The minimum atomic E-state index is 0.239. The maximum absolute atomic E-state index is 5.55. The highest BCUT2D eigenvalue weighted by molar-refractivity contribution is 9.10. The quantitative estimate of drug-likeness (QED) is 0.738. The molecule has 0 spiro atoms. The number of rotatable bonds is 7. The van der Waals surface area contributed by atoms with Crippen LogP contribution in [0.2, 0.25) is 0 Å². The molecule has 0 heterocycles. The molecule has 0 fully saturated rings. The molecule has 3 nitrogen and oxygen atoms in total. The van der Waals surface area contributed by atoms with Crippen molar-refractivity contribution in [3.63, 3.8) is 0 Å². The largest absolute Gasteiger partial charge is 0.491 e. The highest BCUT2D eigenvalue weighted by atomic mass is 79.9. The van der Waals surface area contributed by atoms with Crippen LogP contribution in [0.15, 0.2) is 53.0 Å². The van der Waals surface area contributed by atoms with Gasteiger partial charge in [-0.2, -0.15) is 0 Å².